The minimum absolute atomic E-state index is 0.156. The van der Waals surface area contributed by atoms with E-state index in [1.807, 2.05) is 0 Å². The van der Waals surface area contributed by atoms with Crippen LogP contribution in [0.15, 0.2) is 67.3 Å². The summed E-state index contributed by atoms with van der Waals surface area (Å²) in [6.45, 7) is 19.3. The van der Waals surface area contributed by atoms with Crippen LogP contribution < -0.4 is 5.32 Å². The molecular formula is C31H49F2NO. The first-order valence-electron chi connectivity index (χ1n) is 13.4. The van der Waals surface area contributed by atoms with Gasteiger partial charge in [0.25, 0.3) is 5.92 Å². The van der Waals surface area contributed by atoms with Crippen LogP contribution in [0.1, 0.15) is 72.3 Å². The van der Waals surface area contributed by atoms with Gasteiger partial charge in [0.05, 0.1) is 6.61 Å². The molecule has 1 N–H and O–H groups in total. The Kier molecular flexibility index (Phi) is 15.0. The van der Waals surface area contributed by atoms with Crippen LogP contribution in [0.5, 0.6) is 0 Å². The van der Waals surface area contributed by atoms with E-state index in [1.54, 1.807) is 0 Å². The minimum atomic E-state index is -2.65. The van der Waals surface area contributed by atoms with Crippen LogP contribution in [0.25, 0.3) is 0 Å². The van der Waals surface area contributed by atoms with Crippen molar-refractivity contribution in [3.05, 3.63) is 72.9 Å². The summed E-state index contributed by atoms with van der Waals surface area (Å²) in [5.74, 6) is -0.626. The van der Waals surface area contributed by atoms with Crippen molar-refractivity contribution >= 4 is 0 Å². The van der Waals surface area contributed by atoms with Crippen LogP contribution in [0.4, 0.5) is 8.78 Å². The van der Waals surface area contributed by atoms with Crippen LogP contribution in [-0.4, -0.2) is 31.2 Å². The van der Waals surface area contributed by atoms with Gasteiger partial charge in [-0.3, -0.25) is 0 Å². The Labute approximate surface area is 213 Å². The maximum Gasteiger partial charge on any atom is 0.265 e. The summed E-state index contributed by atoms with van der Waals surface area (Å²) < 4.78 is 29.2. The van der Waals surface area contributed by atoms with Gasteiger partial charge in [0.1, 0.15) is 0 Å². The lowest BCUT2D eigenvalue weighted by Crippen LogP contribution is -2.46. The number of aryl methyl sites for hydroxylation is 1. The fourth-order valence-corrected chi connectivity index (χ4v) is 4.10. The largest absolute Gasteiger partial charge is 0.381 e. The molecule has 1 aromatic carbocycles. The van der Waals surface area contributed by atoms with Gasteiger partial charge >= 0.3 is 0 Å². The third-order valence-corrected chi connectivity index (χ3v) is 6.38. The molecular weight excluding hydrogens is 440 g/mol. The second-order valence-corrected chi connectivity index (χ2v) is 10.3. The predicted octanol–water partition coefficient (Wildman–Crippen LogP) is 8.40. The van der Waals surface area contributed by atoms with Crippen molar-refractivity contribution in [2.45, 2.75) is 91.1 Å². The quantitative estimate of drug-likeness (QED) is 0.352. The van der Waals surface area contributed by atoms with Crippen molar-refractivity contribution in [2.24, 2.45) is 17.8 Å². The highest BCUT2D eigenvalue weighted by Crippen LogP contribution is 2.29. The number of hydrogen-bond donors (Lipinski definition) is 1. The molecule has 0 bridgehead atoms. The Hall–Kier alpha value is -1.78. The summed E-state index contributed by atoms with van der Waals surface area (Å²) in [6.07, 6.45) is 10.9. The van der Waals surface area contributed by atoms with Gasteiger partial charge in [-0.1, -0.05) is 95.8 Å². The first-order chi connectivity index (χ1) is 16.6. The Morgan fingerprint density at radius 2 is 1.83 bits per heavy atom. The Balaban J connectivity index is 0.000000468. The van der Waals surface area contributed by atoms with E-state index in [9.17, 15) is 8.78 Å². The Bertz CT molecular complexity index is 741. The summed E-state index contributed by atoms with van der Waals surface area (Å²) in [4.78, 5) is 0. The summed E-state index contributed by atoms with van der Waals surface area (Å²) in [5.41, 5.74) is 2.78. The lowest BCUT2D eigenvalue weighted by atomic mass is 9.91. The highest BCUT2D eigenvalue weighted by molar-refractivity contribution is 5.21. The van der Waals surface area contributed by atoms with E-state index < -0.39 is 5.92 Å². The van der Waals surface area contributed by atoms with Gasteiger partial charge in [0.2, 0.25) is 0 Å². The van der Waals surface area contributed by atoms with E-state index in [-0.39, 0.29) is 6.42 Å². The SMILES string of the molecule is C=C(CCc1ccccc1)C1C=CC(NC2CCOCC2CC)C1.C=CC(F)(F)CC.CC(C)C. The van der Waals surface area contributed by atoms with Crippen LogP contribution in [0.2, 0.25) is 0 Å². The molecule has 35 heavy (non-hydrogen) atoms. The average Bonchev–Trinajstić information content (AvgIpc) is 3.32. The number of hydrogen-bond acceptors (Lipinski definition) is 2. The molecule has 1 aliphatic heterocycles. The predicted molar refractivity (Wildman–Crippen MR) is 147 cm³/mol. The third kappa shape index (κ3) is 13.2. The minimum Gasteiger partial charge on any atom is -0.381 e. The van der Waals surface area contributed by atoms with Crippen molar-refractivity contribution in [3.63, 3.8) is 0 Å². The molecule has 1 fully saturated rings. The maximum atomic E-state index is 11.8. The van der Waals surface area contributed by atoms with Gasteiger partial charge in [0, 0.05) is 25.1 Å². The van der Waals surface area contributed by atoms with Crippen LogP contribution in [0.3, 0.4) is 0 Å². The van der Waals surface area contributed by atoms with E-state index in [1.165, 1.54) is 30.9 Å². The normalized spacial score (nSPS) is 23.7. The van der Waals surface area contributed by atoms with E-state index in [0.29, 0.717) is 30.0 Å². The average molecular weight is 490 g/mol. The first kappa shape index (κ1) is 31.3. The van der Waals surface area contributed by atoms with E-state index in [2.05, 4.69) is 88.7 Å². The lowest BCUT2D eigenvalue weighted by molar-refractivity contribution is 0.0286. The van der Waals surface area contributed by atoms with Crippen molar-refractivity contribution < 1.29 is 13.5 Å². The molecule has 0 aromatic heterocycles. The van der Waals surface area contributed by atoms with Crippen molar-refractivity contribution in [2.75, 3.05) is 13.2 Å². The van der Waals surface area contributed by atoms with E-state index in [4.69, 9.17) is 4.74 Å². The van der Waals surface area contributed by atoms with Crippen molar-refractivity contribution in [1.29, 1.82) is 0 Å². The Morgan fingerprint density at radius 1 is 1.17 bits per heavy atom. The second-order valence-electron chi connectivity index (χ2n) is 10.3. The highest BCUT2D eigenvalue weighted by atomic mass is 19.3. The topological polar surface area (TPSA) is 21.3 Å². The van der Waals surface area contributed by atoms with Gasteiger partial charge in [-0.05, 0) is 61.5 Å². The number of benzene rings is 1. The van der Waals surface area contributed by atoms with Gasteiger partial charge < -0.3 is 10.1 Å². The molecule has 1 aliphatic carbocycles. The molecule has 2 nitrogen and oxygen atoms in total. The second kappa shape index (κ2) is 16.8. The number of halogens is 2. The zero-order chi connectivity index (χ0) is 26.3. The van der Waals surface area contributed by atoms with Gasteiger partial charge in [0.15, 0.2) is 0 Å². The fourth-order valence-electron chi connectivity index (χ4n) is 4.10. The van der Waals surface area contributed by atoms with Gasteiger partial charge in [-0.2, -0.15) is 0 Å². The summed E-state index contributed by atoms with van der Waals surface area (Å²) >= 11 is 0. The zero-order valence-corrected chi connectivity index (χ0v) is 22.7. The molecule has 4 atom stereocenters. The molecule has 4 unspecified atom stereocenters. The van der Waals surface area contributed by atoms with Crippen LogP contribution >= 0.6 is 0 Å². The van der Waals surface area contributed by atoms with Gasteiger partial charge in [-0.15, -0.1) is 0 Å². The monoisotopic (exact) mass is 489 g/mol. The number of ether oxygens (including phenoxy) is 1. The summed E-state index contributed by atoms with van der Waals surface area (Å²) in [7, 11) is 0. The summed E-state index contributed by atoms with van der Waals surface area (Å²) in [5, 5.41) is 3.87. The standard InChI is InChI=1S/C22H31NO.C5H8F2.C4H10/c1-3-19-16-24-14-13-22(19)23-21-12-11-20(15-21)17(2)9-10-18-7-5-4-6-8-18;1-3-5(6,7)4-2;1-4(2)3/h4-8,11-12,19-23H,2-3,9-10,13-16H2,1H3;3H,1,4H2,2H3;4H,1-3H3. The van der Waals surface area contributed by atoms with Crippen LogP contribution in [-0.2, 0) is 11.2 Å². The number of allylic oxidation sites excluding steroid dienone is 3. The smallest absolute Gasteiger partial charge is 0.265 e. The molecule has 2 aliphatic rings. The van der Waals surface area contributed by atoms with E-state index >= 15 is 0 Å². The molecule has 4 heteroatoms. The number of alkyl halides is 2. The molecule has 0 saturated carbocycles. The fraction of sp³-hybridized carbons (Fsp3) is 0.613. The van der Waals surface area contributed by atoms with Crippen molar-refractivity contribution in [3.8, 4) is 0 Å². The molecule has 0 radical (unpaired) electrons. The highest BCUT2D eigenvalue weighted by Gasteiger charge is 2.28. The van der Waals surface area contributed by atoms with Crippen molar-refractivity contribution in [1.82, 2.24) is 5.32 Å². The van der Waals surface area contributed by atoms with Gasteiger partial charge in [-0.25, -0.2) is 8.78 Å². The maximum absolute atomic E-state index is 11.8. The third-order valence-electron chi connectivity index (χ3n) is 6.38. The molecule has 198 valence electrons. The zero-order valence-electron chi connectivity index (χ0n) is 22.7. The molecule has 0 spiro atoms. The van der Waals surface area contributed by atoms with Crippen LogP contribution in [0, 0.1) is 17.8 Å². The number of nitrogens with one attached hydrogen (secondary N) is 1. The molecule has 1 saturated heterocycles. The molecule has 0 amide bonds. The summed E-state index contributed by atoms with van der Waals surface area (Å²) in [6, 6.07) is 11.8. The molecule has 1 heterocycles. The number of rotatable bonds is 9. The first-order valence-corrected chi connectivity index (χ1v) is 13.4. The Morgan fingerprint density at radius 3 is 2.37 bits per heavy atom. The lowest BCUT2D eigenvalue weighted by Gasteiger charge is -2.33. The van der Waals surface area contributed by atoms with E-state index in [0.717, 1.165) is 38.4 Å². The molecule has 3 rings (SSSR count). The molecule has 1 aromatic rings.